The Hall–Kier alpha value is -0.223. The Balaban J connectivity index is 3.35. The molecule has 0 heterocycles. The van der Waals surface area contributed by atoms with Crippen molar-refractivity contribution in [2.24, 2.45) is 5.92 Å². The van der Waals surface area contributed by atoms with Crippen molar-refractivity contribution in [1.29, 1.82) is 0 Å². The molecule has 0 saturated carbocycles. The van der Waals surface area contributed by atoms with Gasteiger partial charge < -0.3 is 0 Å². The molecule has 0 fully saturated rings. The van der Waals surface area contributed by atoms with Crippen molar-refractivity contribution in [3.05, 3.63) is 0 Å². The normalized spacial score (nSPS) is 11.9. The van der Waals surface area contributed by atoms with Gasteiger partial charge in [0.15, 0.2) is 0 Å². The van der Waals surface area contributed by atoms with Gasteiger partial charge in [-0.1, -0.05) is 20.4 Å². The summed E-state index contributed by atoms with van der Waals surface area (Å²) in [5.74, 6) is 3.74. The van der Waals surface area contributed by atoms with Crippen molar-refractivity contribution in [3.63, 3.8) is 0 Å². The quantitative estimate of drug-likeness (QED) is 0.369. The van der Waals surface area contributed by atoms with Crippen LogP contribution in [0.15, 0.2) is 0 Å². The zero-order valence-corrected chi connectivity index (χ0v) is 6.78. The molecule has 44 valence electrons. The number of hydrogen-bond acceptors (Lipinski definition) is 0. The third kappa shape index (κ3) is 3.95. The zero-order valence-electron chi connectivity index (χ0n) is 5.78. The van der Waals surface area contributed by atoms with Gasteiger partial charge in [0.25, 0.3) is 0 Å². The van der Waals surface area contributed by atoms with E-state index in [2.05, 4.69) is 31.9 Å². The van der Waals surface area contributed by atoms with Gasteiger partial charge in [-0.05, 0) is 6.42 Å². The first-order valence-electron chi connectivity index (χ1n) is 2.98. The standard InChI is InChI=1S/C7H12Si/c1-4-7(2)5-6-8-3/h7H,4H2,1-3H3. The molecule has 0 saturated heterocycles. The molecule has 1 heteroatoms. The largest absolute Gasteiger partial charge is 0.144 e. The molecule has 0 N–H and O–H groups in total. The molecule has 0 aliphatic heterocycles. The molecule has 0 nitrogen and oxygen atoms in total. The summed E-state index contributed by atoms with van der Waals surface area (Å²) in [5, 5.41) is 0. The topological polar surface area (TPSA) is 0 Å². The van der Waals surface area contributed by atoms with Crippen LogP contribution in [0.1, 0.15) is 20.3 Å². The van der Waals surface area contributed by atoms with Gasteiger partial charge in [0, 0.05) is 5.92 Å². The lowest BCUT2D eigenvalue weighted by Gasteiger charge is -1.92. The van der Waals surface area contributed by atoms with Crippen molar-refractivity contribution in [3.8, 4) is 11.5 Å². The second kappa shape index (κ2) is 4.92. The van der Waals surface area contributed by atoms with Gasteiger partial charge in [-0.15, -0.1) is 11.5 Å². The van der Waals surface area contributed by atoms with Crippen LogP contribution < -0.4 is 0 Å². The summed E-state index contributed by atoms with van der Waals surface area (Å²) < 4.78 is 0. The van der Waals surface area contributed by atoms with E-state index in [0.717, 1.165) is 9.52 Å². The van der Waals surface area contributed by atoms with Crippen LogP contribution in [0.4, 0.5) is 0 Å². The molecule has 0 aliphatic carbocycles. The van der Waals surface area contributed by atoms with Gasteiger partial charge in [0.05, 0.1) is 0 Å². The zero-order chi connectivity index (χ0) is 6.41. The molecule has 2 radical (unpaired) electrons. The van der Waals surface area contributed by atoms with Crippen LogP contribution in [-0.4, -0.2) is 9.52 Å². The molecular formula is C7H12Si. The summed E-state index contributed by atoms with van der Waals surface area (Å²) in [4.78, 5) is 0. The van der Waals surface area contributed by atoms with Crippen LogP contribution in [0.25, 0.3) is 0 Å². The second-order valence-electron chi connectivity index (χ2n) is 1.83. The monoisotopic (exact) mass is 124 g/mol. The summed E-state index contributed by atoms with van der Waals surface area (Å²) in [6.45, 7) is 6.43. The maximum absolute atomic E-state index is 3.14. The molecule has 0 aromatic rings. The Morgan fingerprint density at radius 3 is 2.62 bits per heavy atom. The Kier molecular flexibility index (Phi) is 4.79. The van der Waals surface area contributed by atoms with Crippen LogP contribution in [-0.2, 0) is 0 Å². The van der Waals surface area contributed by atoms with E-state index in [-0.39, 0.29) is 0 Å². The molecule has 0 aromatic heterocycles. The molecule has 8 heavy (non-hydrogen) atoms. The summed E-state index contributed by atoms with van der Waals surface area (Å²) in [7, 11) is 0.792. The lowest BCUT2D eigenvalue weighted by molar-refractivity contribution is 0.724. The Bertz CT molecular complexity index is 96.7. The Labute approximate surface area is 54.5 Å². The smallest absolute Gasteiger partial charge is 0.136 e. The van der Waals surface area contributed by atoms with Crippen LogP contribution in [0, 0.1) is 17.4 Å². The molecule has 1 atom stereocenters. The van der Waals surface area contributed by atoms with E-state index in [9.17, 15) is 0 Å². The van der Waals surface area contributed by atoms with Crippen molar-refractivity contribution >= 4 is 9.52 Å². The maximum Gasteiger partial charge on any atom is 0.144 e. The fourth-order valence-corrected chi connectivity index (χ4v) is 0.688. The Morgan fingerprint density at radius 1 is 1.62 bits per heavy atom. The van der Waals surface area contributed by atoms with Crippen molar-refractivity contribution in [1.82, 2.24) is 0 Å². The number of hydrogen-bond donors (Lipinski definition) is 0. The minimum absolute atomic E-state index is 0.599. The predicted molar refractivity (Wildman–Crippen MR) is 38.8 cm³/mol. The highest BCUT2D eigenvalue weighted by molar-refractivity contribution is 6.44. The van der Waals surface area contributed by atoms with E-state index in [0.29, 0.717) is 5.92 Å². The molecule has 0 spiro atoms. The number of rotatable bonds is 1. The van der Waals surface area contributed by atoms with Gasteiger partial charge in [-0.2, -0.15) is 0 Å². The van der Waals surface area contributed by atoms with Crippen LogP contribution in [0.5, 0.6) is 0 Å². The predicted octanol–water partition coefficient (Wildman–Crippen LogP) is 1.75. The minimum atomic E-state index is 0.599. The summed E-state index contributed by atoms with van der Waals surface area (Å²) in [6.07, 6.45) is 1.18. The molecule has 0 rings (SSSR count). The van der Waals surface area contributed by atoms with Crippen molar-refractivity contribution in [2.45, 2.75) is 26.8 Å². The first-order valence-corrected chi connectivity index (χ1v) is 4.48. The molecule has 0 aliphatic rings. The summed E-state index contributed by atoms with van der Waals surface area (Å²) in [5.41, 5.74) is 3.08. The first-order chi connectivity index (χ1) is 3.81. The highest BCUT2D eigenvalue weighted by Crippen LogP contribution is 1.95. The SMILES string of the molecule is CCC(C)C#C[Si]C. The van der Waals surface area contributed by atoms with Gasteiger partial charge in [0.1, 0.15) is 9.52 Å². The molecule has 0 bridgehead atoms. The van der Waals surface area contributed by atoms with E-state index in [1.165, 1.54) is 6.42 Å². The third-order valence-corrected chi connectivity index (χ3v) is 1.45. The van der Waals surface area contributed by atoms with Gasteiger partial charge in [-0.25, -0.2) is 0 Å². The Morgan fingerprint density at radius 2 is 2.25 bits per heavy atom. The lowest BCUT2D eigenvalue weighted by Crippen LogP contribution is -1.85. The lowest BCUT2D eigenvalue weighted by atomic mass is 10.1. The van der Waals surface area contributed by atoms with E-state index >= 15 is 0 Å². The van der Waals surface area contributed by atoms with Crippen LogP contribution in [0.3, 0.4) is 0 Å². The minimum Gasteiger partial charge on any atom is -0.136 e. The van der Waals surface area contributed by atoms with Crippen molar-refractivity contribution < 1.29 is 0 Å². The molecule has 1 unspecified atom stereocenters. The average molecular weight is 124 g/mol. The summed E-state index contributed by atoms with van der Waals surface area (Å²) >= 11 is 0. The van der Waals surface area contributed by atoms with Crippen LogP contribution in [0.2, 0.25) is 6.55 Å². The van der Waals surface area contributed by atoms with Gasteiger partial charge in [0.2, 0.25) is 0 Å². The summed E-state index contributed by atoms with van der Waals surface area (Å²) in [6, 6.07) is 0. The van der Waals surface area contributed by atoms with Crippen molar-refractivity contribution in [2.75, 3.05) is 0 Å². The van der Waals surface area contributed by atoms with Gasteiger partial charge in [-0.3, -0.25) is 0 Å². The molecule has 0 amide bonds. The van der Waals surface area contributed by atoms with E-state index in [1.807, 2.05) is 0 Å². The first kappa shape index (κ1) is 7.78. The fourth-order valence-electron chi connectivity index (χ4n) is 0.297. The fraction of sp³-hybridized carbons (Fsp3) is 0.714. The highest BCUT2D eigenvalue weighted by Gasteiger charge is 1.86. The molecular weight excluding hydrogens is 112 g/mol. The third-order valence-electron chi connectivity index (χ3n) is 1.06. The highest BCUT2D eigenvalue weighted by atomic mass is 28.2. The van der Waals surface area contributed by atoms with Gasteiger partial charge >= 0.3 is 0 Å². The average Bonchev–Trinajstić information content (AvgIpc) is 1.83. The van der Waals surface area contributed by atoms with E-state index < -0.39 is 0 Å². The van der Waals surface area contributed by atoms with E-state index in [4.69, 9.17) is 0 Å². The second-order valence-corrected chi connectivity index (χ2v) is 2.58. The molecule has 0 aromatic carbocycles. The van der Waals surface area contributed by atoms with E-state index in [1.54, 1.807) is 0 Å². The van der Waals surface area contributed by atoms with Crippen LogP contribution >= 0.6 is 0 Å². The maximum atomic E-state index is 3.14.